The summed E-state index contributed by atoms with van der Waals surface area (Å²) < 4.78 is 3.50. The predicted molar refractivity (Wildman–Crippen MR) is 90.0 cm³/mol. The van der Waals surface area contributed by atoms with Gasteiger partial charge in [0.2, 0.25) is 0 Å². The Labute approximate surface area is 135 Å². The van der Waals surface area contributed by atoms with Gasteiger partial charge in [0, 0.05) is 16.6 Å². The molecular formula is C12H6BrClI2. The van der Waals surface area contributed by atoms with Crippen LogP contribution in [0.4, 0.5) is 0 Å². The van der Waals surface area contributed by atoms with Crippen LogP contribution >= 0.6 is 72.7 Å². The fourth-order valence-corrected chi connectivity index (χ4v) is 4.17. The second-order valence-electron chi connectivity index (χ2n) is 3.25. The molecule has 0 fully saturated rings. The maximum absolute atomic E-state index is 5.96. The Morgan fingerprint density at radius 3 is 2.00 bits per heavy atom. The van der Waals surface area contributed by atoms with Crippen LogP contribution in [0.1, 0.15) is 0 Å². The van der Waals surface area contributed by atoms with Gasteiger partial charge in [0.05, 0.1) is 0 Å². The lowest BCUT2D eigenvalue weighted by Gasteiger charge is -2.08. The molecule has 0 atom stereocenters. The van der Waals surface area contributed by atoms with Crippen LogP contribution in [0.3, 0.4) is 0 Å². The fourth-order valence-electron chi connectivity index (χ4n) is 1.42. The first-order valence-electron chi connectivity index (χ1n) is 4.48. The Kier molecular flexibility index (Phi) is 4.54. The summed E-state index contributed by atoms with van der Waals surface area (Å²) in [4.78, 5) is 0. The highest BCUT2D eigenvalue weighted by molar-refractivity contribution is 14.1. The van der Waals surface area contributed by atoms with E-state index in [1.165, 1.54) is 18.3 Å². The molecule has 2 aromatic rings. The van der Waals surface area contributed by atoms with Crippen LogP contribution in [-0.2, 0) is 0 Å². The predicted octanol–water partition coefficient (Wildman–Crippen LogP) is 5.98. The van der Waals surface area contributed by atoms with Crippen LogP contribution in [0.2, 0.25) is 5.02 Å². The summed E-state index contributed by atoms with van der Waals surface area (Å²) in [6.07, 6.45) is 0. The van der Waals surface area contributed by atoms with E-state index >= 15 is 0 Å². The second-order valence-corrected chi connectivity index (χ2v) is 6.92. The van der Waals surface area contributed by atoms with Crippen LogP contribution in [-0.4, -0.2) is 0 Å². The van der Waals surface area contributed by atoms with Crippen molar-refractivity contribution in [3.63, 3.8) is 0 Å². The zero-order chi connectivity index (χ0) is 11.7. The van der Waals surface area contributed by atoms with E-state index in [-0.39, 0.29) is 0 Å². The molecule has 2 rings (SSSR count). The van der Waals surface area contributed by atoms with Gasteiger partial charge in [-0.2, -0.15) is 0 Å². The largest absolute Gasteiger partial charge is 0.0843 e. The van der Waals surface area contributed by atoms with Gasteiger partial charge in [0.25, 0.3) is 0 Å². The van der Waals surface area contributed by atoms with E-state index in [1.807, 2.05) is 12.1 Å². The van der Waals surface area contributed by atoms with Crippen molar-refractivity contribution in [1.29, 1.82) is 0 Å². The summed E-state index contributed by atoms with van der Waals surface area (Å²) in [5.74, 6) is 0. The van der Waals surface area contributed by atoms with Crippen LogP contribution < -0.4 is 0 Å². The summed E-state index contributed by atoms with van der Waals surface area (Å²) in [7, 11) is 0. The van der Waals surface area contributed by atoms with Crippen molar-refractivity contribution in [2.45, 2.75) is 0 Å². The minimum Gasteiger partial charge on any atom is -0.0843 e. The Morgan fingerprint density at radius 2 is 1.44 bits per heavy atom. The first kappa shape index (κ1) is 13.1. The third-order valence-corrected chi connectivity index (χ3v) is 4.67. The van der Waals surface area contributed by atoms with Gasteiger partial charge >= 0.3 is 0 Å². The van der Waals surface area contributed by atoms with E-state index in [0.717, 1.165) is 9.50 Å². The molecule has 0 bridgehead atoms. The molecule has 0 unspecified atom stereocenters. The van der Waals surface area contributed by atoms with Crippen molar-refractivity contribution in [3.05, 3.63) is 53.0 Å². The smallest absolute Gasteiger partial charge is 0.0416 e. The lowest BCUT2D eigenvalue weighted by Crippen LogP contribution is -1.86. The molecule has 2 aromatic carbocycles. The van der Waals surface area contributed by atoms with Crippen LogP contribution in [0, 0.1) is 7.14 Å². The lowest BCUT2D eigenvalue weighted by molar-refractivity contribution is 1.53. The SMILES string of the molecule is Clc1ccc(-c2ccc(Br)cc2I)c(I)c1. The molecule has 0 heterocycles. The van der Waals surface area contributed by atoms with Crippen molar-refractivity contribution in [1.82, 2.24) is 0 Å². The maximum Gasteiger partial charge on any atom is 0.0416 e. The first-order chi connectivity index (χ1) is 7.58. The molecule has 0 aromatic heterocycles. The van der Waals surface area contributed by atoms with Gasteiger partial charge in [-0.15, -0.1) is 0 Å². The molecule has 0 aliphatic carbocycles. The molecule has 0 aliphatic rings. The highest BCUT2D eigenvalue weighted by atomic mass is 127. The Bertz CT molecular complexity index is 491. The molecule has 0 spiro atoms. The van der Waals surface area contributed by atoms with Crippen LogP contribution in [0.15, 0.2) is 40.9 Å². The quantitative estimate of drug-likeness (QED) is 0.407. The van der Waals surface area contributed by atoms with Crippen molar-refractivity contribution >= 4 is 72.7 Å². The molecule has 4 heteroatoms. The number of hydrogen-bond acceptors (Lipinski definition) is 0. The zero-order valence-corrected chi connectivity index (χ0v) is 14.6. The minimum atomic E-state index is 0.778. The van der Waals surface area contributed by atoms with E-state index in [2.05, 4.69) is 85.4 Å². The van der Waals surface area contributed by atoms with Crippen molar-refractivity contribution < 1.29 is 0 Å². The van der Waals surface area contributed by atoms with Crippen LogP contribution in [0.5, 0.6) is 0 Å². The lowest BCUT2D eigenvalue weighted by atomic mass is 10.1. The summed E-state index contributed by atoms with van der Waals surface area (Å²) in [5.41, 5.74) is 2.46. The molecule has 0 saturated carbocycles. The number of rotatable bonds is 1. The minimum absolute atomic E-state index is 0.778. The molecule has 16 heavy (non-hydrogen) atoms. The molecule has 0 N–H and O–H groups in total. The Balaban J connectivity index is 2.59. The summed E-state index contributed by atoms with van der Waals surface area (Å²) >= 11 is 14.1. The third-order valence-electron chi connectivity index (χ3n) is 2.15. The molecular weight excluding hydrogens is 513 g/mol. The summed E-state index contributed by atoms with van der Waals surface area (Å²) in [5, 5.41) is 0.778. The van der Waals surface area contributed by atoms with Gasteiger partial charge < -0.3 is 0 Å². The van der Waals surface area contributed by atoms with Gasteiger partial charge in [0.1, 0.15) is 0 Å². The van der Waals surface area contributed by atoms with Gasteiger partial charge in [0.15, 0.2) is 0 Å². The van der Waals surface area contributed by atoms with Crippen molar-refractivity contribution in [3.8, 4) is 11.1 Å². The average Bonchev–Trinajstić information content (AvgIpc) is 2.19. The molecule has 0 aliphatic heterocycles. The Morgan fingerprint density at radius 1 is 0.875 bits per heavy atom. The van der Waals surface area contributed by atoms with Gasteiger partial charge in [-0.1, -0.05) is 39.7 Å². The van der Waals surface area contributed by atoms with Gasteiger partial charge in [-0.3, -0.25) is 0 Å². The second kappa shape index (κ2) is 5.54. The molecule has 82 valence electrons. The number of hydrogen-bond donors (Lipinski definition) is 0. The molecule has 0 nitrogen and oxygen atoms in total. The van der Waals surface area contributed by atoms with Gasteiger partial charge in [-0.05, 0) is 80.6 Å². The third kappa shape index (κ3) is 2.91. The average molecular weight is 519 g/mol. The van der Waals surface area contributed by atoms with E-state index in [0.29, 0.717) is 0 Å². The number of benzene rings is 2. The first-order valence-corrected chi connectivity index (χ1v) is 7.81. The van der Waals surface area contributed by atoms with E-state index in [9.17, 15) is 0 Å². The molecule has 0 radical (unpaired) electrons. The van der Waals surface area contributed by atoms with E-state index in [4.69, 9.17) is 11.6 Å². The Hall–Kier alpha value is 0.670. The highest BCUT2D eigenvalue weighted by Gasteiger charge is 2.07. The van der Waals surface area contributed by atoms with Gasteiger partial charge in [-0.25, -0.2) is 0 Å². The normalized spacial score (nSPS) is 10.5. The molecule has 0 saturated heterocycles. The standard InChI is InChI=1S/C12H6BrClI2/c13-7-1-3-9(11(15)5-7)10-4-2-8(14)6-12(10)16/h1-6H. The monoisotopic (exact) mass is 518 g/mol. The fraction of sp³-hybridized carbons (Fsp3) is 0. The van der Waals surface area contributed by atoms with E-state index < -0.39 is 0 Å². The highest BCUT2D eigenvalue weighted by Crippen LogP contribution is 2.32. The van der Waals surface area contributed by atoms with E-state index in [1.54, 1.807) is 0 Å². The van der Waals surface area contributed by atoms with Crippen LogP contribution in [0.25, 0.3) is 11.1 Å². The van der Waals surface area contributed by atoms with Crippen molar-refractivity contribution in [2.75, 3.05) is 0 Å². The summed E-state index contributed by atoms with van der Waals surface area (Å²) in [6, 6.07) is 12.3. The van der Waals surface area contributed by atoms with Crippen molar-refractivity contribution in [2.24, 2.45) is 0 Å². The topological polar surface area (TPSA) is 0 Å². The number of halogens is 4. The molecule has 0 amide bonds. The maximum atomic E-state index is 5.96. The zero-order valence-electron chi connectivity index (χ0n) is 7.98. The summed E-state index contributed by atoms with van der Waals surface area (Å²) in [6.45, 7) is 0.